The second-order valence-electron chi connectivity index (χ2n) is 4.95. The highest BCUT2D eigenvalue weighted by atomic mass is 32.1. The molecule has 0 aliphatic heterocycles. The van der Waals surface area contributed by atoms with Gasteiger partial charge in [-0.05, 0) is 32.1 Å². The molecule has 0 saturated heterocycles. The first-order valence-electron chi connectivity index (χ1n) is 6.36. The van der Waals surface area contributed by atoms with Crippen molar-refractivity contribution < 1.29 is 14.6 Å². The highest BCUT2D eigenvalue weighted by Crippen LogP contribution is 2.43. The van der Waals surface area contributed by atoms with E-state index in [1.165, 1.54) is 11.3 Å². The van der Waals surface area contributed by atoms with Crippen LogP contribution in [0.4, 0.5) is 0 Å². The molecule has 1 heterocycles. The standard InChI is InChI=1S/C13H19NO3S/c1-3-17-11(15)10-4-5-13(16,8-9(10)2)12-14-6-7-18-12/h6-7,9-10,16H,3-5,8H2,1-2H3/t9-,10+,13-/m1/s1. The molecule has 1 saturated carbocycles. The number of nitrogens with zero attached hydrogens (tertiary/aromatic N) is 1. The minimum absolute atomic E-state index is 0.0924. The SMILES string of the molecule is CCOC(=O)[C@H]1CC[C@](O)(c2nccs2)C[C@H]1C. The molecule has 2 rings (SSSR count). The van der Waals surface area contributed by atoms with Crippen molar-refractivity contribution in [3.63, 3.8) is 0 Å². The van der Waals surface area contributed by atoms with Gasteiger partial charge in [0.1, 0.15) is 10.6 Å². The predicted molar refractivity (Wildman–Crippen MR) is 69.1 cm³/mol. The molecule has 4 nitrogen and oxygen atoms in total. The molecule has 0 spiro atoms. The summed E-state index contributed by atoms with van der Waals surface area (Å²) in [5, 5.41) is 13.3. The first-order valence-corrected chi connectivity index (χ1v) is 7.24. The first-order chi connectivity index (χ1) is 8.57. The normalized spacial score (nSPS) is 32.2. The van der Waals surface area contributed by atoms with Gasteiger partial charge in [0.15, 0.2) is 0 Å². The van der Waals surface area contributed by atoms with Gasteiger partial charge in [0, 0.05) is 11.6 Å². The van der Waals surface area contributed by atoms with E-state index in [0.717, 1.165) is 5.01 Å². The van der Waals surface area contributed by atoms with Gasteiger partial charge in [-0.3, -0.25) is 4.79 Å². The van der Waals surface area contributed by atoms with Gasteiger partial charge in [0.05, 0.1) is 12.5 Å². The molecule has 0 aromatic carbocycles. The Hall–Kier alpha value is -0.940. The van der Waals surface area contributed by atoms with Crippen LogP contribution in [0.25, 0.3) is 0 Å². The second kappa shape index (κ2) is 5.36. The maximum Gasteiger partial charge on any atom is 0.309 e. The highest BCUT2D eigenvalue weighted by molar-refractivity contribution is 7.09. The van der Waals surface area contributed by atoms with Crippen molar-refractivity contribution in [3.8, 4) is 0 Å². The third-order valence-electron chi connectivity index (χ3n) is 3.64. The van der Waals surface area contributed by atoms with Crippen LogP contribution in [0.3, 0.4) is 0 Å². The summed E-state index contributed by atoms with van der Waals surface area (Å²) < 4.78 is 5.08. The van der Waals surface area contributed by atoms with E-state index in [1.54, 1.807) is 6.20 Å². The molecule has 0 radical (unpaired) electrons. The summed E-state index contributed by atoms with van der Waals surface area (Å²) in [6.45, 7) is 4.23. The van der Waals surface area contributed by atoms with Gasteiger partial charge >= 0.3 is 5.97 Å². The lowest BCUT2D eigenvalue weighted by Gasteiger charge is -2.37. The molecule has 1 aliphatic carbocycles. The number of ether oxygens (including phenoxy) is 1. The topological polar surface area (TPSA) is 59.4 Å². The molecule has 1 fully saturated rings. The summed E-state index contributed by atoms with van der Waals surface area (Å²) in [5.41, 5.74) is -0.865. The summed E-state index contributed by atoms with van der Waals surface area (Å²) in [4.78, 5) is 16.0. The molecule has 100 valence electrons. The average molecular weight is 269 g/mol. The summed E-state index contributed by atoms with van der Waals surface area (Å²) in [6.07, 6.45) is 3.52. The number of carbonyl (C=O) groups is 1. The van der Waals surface area contributed by atoms with E-state index in [4.69, 9.17) is 4.74 Å². The monoisotopic (exact) mass is 269 g/mol. The smallest absolute Gasteiger partial charge is 0.309 e. The third-order valence-corrected chi connectivity index (χ3v) is 4.60. The minimum atomic E-state index is -0.865. The van der Waals surface area contributed by atoms with Crippen molar-refractivity contribution >= 4 is 17.3 Å². The fourth-order valence-corrected chi connectivity index (χ4v) is 3.48. The highest BCUT2D eigenvalue weighted by Gasteiger charge is 2.43. The fourth-order valence-electron chi connectivity index (χ4n) is 2.70. The number of thiazole rings is 1. The Morgan fingerprint density at radius 3 is 3.06 bits per heavy atom. The quantitative estimate of drug-likeness (QED) is 0.856. The van der Waals surface area contributed by atoms with Crippen LogP contribution in [-0.4, -0.2) is 22.7 Å². The number of esters is 1. The molecule has 1 N–H and O–H groups in total. The Bertz CT molecular complexity index is 406. The van der Waals surface area contributed by atoms with Gasteiger partial charge in [-0.1, -0.05) is 6.92 Å². The Balaban J connectivity index is 2.06. The van der Waals surface area contributed by atoms with Crippen LogP contribution in [0.15, 0.2) is 11.6 Å². The number of hydrogen-bond donors (Lipinski definition) is 1. The molecule has 1 aromatic heterocycles. The molecule has 18 heavy (non-hydrogen) atoms. The molecule has 1 aliphatic rings. The molecule has 0 bridgehead atoms. The number of aromatic nitrogens is 1. The summed E-state index contributed by atoms with van der Waals surface area (Å²) in [7, 11) is 0. The van der Waals surface area contributed by atoms with Crippen LogP contribution in [0.1, 0.15) is 38.1 Å². The first kappa shape index (κ1) is 13.5. The zero-order valence-electron chi connectivity index (χ0n) is 10.8. The van der Waals surface area contributed by atoms with Crippen LogP contribution in [0.2, 0.25) is 0 Å². The van der Waals surface area contributed by atoms with E-state index in [-0.39, 0.29) is 17.8 Å². The summed E-state index contributed by atoms with van der Waals surface area (Å²) >= 11 is 1.47. The Kier molecular flexibility index (Phi) is 4.02. The molecule has 0 unspecified atom stereocenters. The summed E-state index contributed by atoms with van der Waals surface area (Å²) in [6, 6.07) is 0. The summed E-state index contributed by atoms with van der Waals surface area (Å²) in [5.74, 6) is -0.108. The predicted octanol–water partition coefficient (Wildman–Crippen LogP) is 2.33. The van der Waals surface area contributed by atoms with Gasteiger partial charge in [-0.2, -0.15) is 0 Å². The zero-order chi connectivity index (χ0) is 13.2. The maximum absolute atomic E-state index is 11.8. The molecular weight excluding hydrogens is 250 g/mol. The number of rotatable bonds is 3. The third kappa shape index (κ3) is 2.57. The molecule has 0 amide bonds. The lowest BCUT2D eigenvalue weighted by molar-refractivity contribution is -0.154. The molecule has 5 heteroatoms. The Morgan fingerprint density at radius 2 is 2.50 bits per heavy atom. The van der Waals surface area contributed by atoms with Crippen molar-refractivity contribution in [2.24, 2.45) is 11.8 Å². The lowest BCUT2D eigenvalue weighted by Crippen LogP contribution is -2.39. The van der Waals surface area contributed by atoms with Crippen molar-refractivity contribution in [1.82, 2.24) is 4.98 Å². The van der Waals surface area contributed by atoms with Gasteiger partial charge in [-0.25, -0.2) is 4.98 Å². The number of aliphatic hydroxyl groups is 1. The van der Waals surface area contributed by atoms with E-state index in [1.807, 2.05) is 19.2 Å². The van der Waals surface area contributed by atoms with Crippen LogP contribution >= 0.6 is 11.3 Å². The van der Waals surface area contributed by atoms with Gasteiger partial charge < -0.3 is 9.84 Å². The minimum Gasteiger partial charge on any atom is -0.466 e. The lowest BCUT2D eigenvalue weighted by atomic mass is 9.72. The van der Waals surface area contributed by atoms with Crippen LogP contribution < -0.4 is 0 Å². The van der Waals surface area contributed by atoms with Gasteiger partial charge in [-0.15, -0.1) is 11.3 Å². The van der Waals surface area contributed by atoms with Gasteiger partial charge in [0.2, 0.25) is 0 Å². The van der Waals surface area contributed by atoms with Crippen molar-refractivity contribution in [1.29, 1.82) is 0 Å². The van der Waals surface area contributed by atoms with Gasteiger partial charge in [0.25, 0.3) is 0 Å². The van der Waals surface area contributed by atoms with Crippen molar-refractivity contribution in [2.75, 3.05) is 6.61 Å². The fraction of sp³-hybridized carbons (Fsp3) is 0.692. The Morgan fingerprint density at radius 1 is 1.72 bits per heavy atom. The maximum atomic E-state index is 11.8. The van der Waals surface area contributed by atoms with Crippen molar-refractivity contribution in [3.05, 3.63) is 16.6 Å². The average Bonchev–Trinajstić information content (AvgIpc) is 2.83. The van der Waals surface area contributed by atoms with Crippen LogP contribution in [0, 0.1) is 11.8 Å². The van der Waals surface area contributed by atoms with Crippen LogP contribution in [0.5, 0.6) is 0 Å². The zero-order valence-corrected chi connectivity index (χ0v) is 11.6. The molecular formula is C13H19NO3S. The Labute approximate surface area is 111 Å². The van der Waals surface area contributed by atoms with E-state index >= 15 is 0 Å². The van der Waals surface area contributed by atoms with Crippen molar-refractivity contribution in [2.45, 2.75) is 38.7 Å². The second-order valence-corrected chi connectivity index (χ2v) is 5.84. The number of carbonyl (C=O) groups excluding carboxylic acids is 1. The van der Waals surface area contributed by atoms with E-state index in [0.29, 0.717) is 25.9 Å². The molecule has 3 atom stereocenters. The van der Waals surface area contributed by atoms with E-state index < -0.39 is 5.60 Å². The van der Waals surface area contributed by atoms with Crippen LogP contribution in [-0.2, 0) is 15.1 Å². The molecule has 1 aromatic rings. The van der Waals surface area contributed by atoms with E-state index in [9.17, 15) is 9.90 Å². The number of hydrogen-bond acceptors (Lipinski definition) is 5. The largest absolute Gasteiger partial charge is 0.466 e. The van der Waals surface area contributed by atoms with E-state index in [2.05, 4.69) is 4.98 Å².